The summed E-state index contributed by atoms with van der Waals surface area (Å²) in [4.78, 5) is 0. The van der Waals surface area contributed by atoms with E-state index in [-0.39, 0.29) is 6.10 Å². The number of hydrogen-bond donors (Lipinski definition) is 1. The van der Waals surface area contributed by atoms with Crippen molar-refractivity contribution in [3.63, 3.8) is 0 Å². The van der Waals surface area contributed by atoms with Gasteiger partial charge >= 0.3 is 0 Å². The molecule has 9 heavy (non-hydrogen) atoms. The Morgan fingerprint density at radius 2 is 1.89 bits per heavy atom. The molecule has 0 saturated carbocycles. The van der Waals surface area contributed by atoms with Crippen molar-refractivity contribution < 1.29 is 5.11 Å². The Labute approximate surface area is 58.1 Å². The summed E-state index contributed by atoms with van der Waals surface area (Å²) in [7, 11) is 0. The number of rotatable bonds is 4. The molecule has 1 heteroatoms. The van der Waals surface area contributed by atoms with E-state index in [2.05, 4.69) is 20.8 Å². The maximum absolute atomic E-state index is 9.32. The van der Waals surface area contributed by atoms with E-state index in [9.17, 15) is 5.11 Å². The lowest BCUT2D eigenvalue weighted by Gasteiger charge is -2.15. The van der Waals surface area contributed by atoms with Crippen LogP contribution in [0.15, 0.2) is 0 Å². The average Bonchev–Trinajstić information content (AvgIpc) is 1.87. The molecule has 0 amide bonds. The van der Waals surface area contributed by atoms with Gasteiger partial charge in [0.2, 0.25) is 0 Å². The van der Waals surface area contributed by atoms with Gasteiger partial charge < -0.3 is 5.11 Å². The molecule has 0 unspecified atom stereocenters. The SMILES string of the molecule is CCC[C@@H](O)[C@H](C)CC. The molecule has 0 aliphatic heterocycles. The molecule has 0 bridgehead atoms. The molecule has 0 aliphatic rings. The van der Waals surface area contributed by atoms with Gasteiger partial charge in [-0.25, -0.2) is 0 Å². The molecule has 2 atom stereocenters. The zero-order chi connectivity index (χ0) is 7.28. The highest BCUT2D eigenvalue weighted by Gasteiger charge is 2.09. The predicted octanol–water partition coefficient (Wildman–Crippen LogP) is 2.19. The van der Waals surface area contributed by atoms with Crippen molar-refractivity contribution in [3.8, 4) is 0 Å². The minimum atomic E-state index is -0.0694. The van der Waals surface area contributed by atoms with Gasteiger partial charge in [-0.05, 0) is 12.3 Å². The van der Waals surface area contributed by atoms with Crippen LogP contribution in [-0.2, 0) is 0 Å². The summed E-state index contributed by atoms with van der Waals surface area (Å²) in [6, 6.07) is 0. The quantitative estimate of drug-likeness (QED) is 0.618. The molecule has 56 valence electrons. The summed E-state index contributed by atoms with van der Waals surface area (Å²) < 4.78 is 0. The number of hydrogen-bond acceptors (Lipinski definition) is 1. The van der Waals surface area contributed by atoms with Crippen LogP contribution >= 0.6 is 0 Å². The van der Waals surface area contributed by atoms with Crippen molar-refractivity contribution in [1.29, 1.82) is 0 Å². The smallest absolute Gasteiger partial charge is 0.0565 e. The maximum Gasteiger partial charge on any atom is 0.0565 e. The van der Waals surface area contributed by atoms with E-state index in [0.717, 1.165) is 19.3 Å². The second-order valence-corrected chi connectivity index (χ2v) is 2.74. The van der Waals surface area contributed by atoms with Crippen molar-refractivity contribution in [2.45, 2.75) is 46.1 Å². The molecule has 0 heterocycles. The van der Waals surface area contributed by atoms with E-state index < -0.39 is 0 Å². The zero-order valence-electron chi connectivity index (χ0n) is 6.72. The lowest BCUT2D eigenvalue weighted by atomic mass is 9.98. The van der Waals surface area contributed by atoms with E-state index >= 15 is 0 Å². The Hall–Kier alpha value is -0.0400. The third kappa shape index (κ3) is 3.52. The Morgan fingerprint density at radius 3 is 2.22 bits per heavy atom. The fourth-order valence-corrected chi connectivity index (χ4v) is 0.852. The number of aliphatic hydroxyl groups excluding tert-OH is 1. The van der Waals surface area contributed by atoms with Crippen LogP contribution in [0.5, 0.6) is 0 Å². The zero-order valence-corrected chi connectivity index (χ0v) is 6.72. The summed E-state index contributed by atoms with van der Waals surface area (Å²) in [5.41, 5.74) is 0. The predicted molar refractivity (Wildman–Crippen MR) is 40.4 cm³/mol. The van der Waals surface area contributed by atoms with Crippen LogP contribution in [0, 0.1) is 5.92 Å². The molecule has 1 N–H and O–H groups in total. The molecule has 0 aromatic carbocycles. The minimum Gasteiger partial charge on any atom is -0.393 e. The molecule has 0 aromatic rings. The van der Waals surface area contributed by atoms with Crippen LogP contribution in [0.4, 0.5) is 0 Å². The van der Waals surface area contributed by atoms with E-state index in [1.165, 1.54) is 0 Å². The molecule has 1 nitrogen and oxygen atoms in total. The van der Waals surface area contributed by atoms with Crippen molar-refractivity contribution in [2.24, 2.45) is 5.92 Å². The first-order valence-corrected chi connectivity index (χ1v) is 3.90. The van der Waals surface area contributed by atoms with Crippen LogP contribution in [0.25, 0.3) is 0 Å². The van der Waals surface area contributed by atoms with Gasteiger partial charge in [0.15, 0.2) is 0 Å². The third-order valence-electron chi connectivity index (χ3n) is 1.89. The molecule has 0 aliphatic carbocycles. The molecule has 0 aromatic heterocycles. The minimum absolute atomic E-state index is 0.0694. The van der Waals surface area contributed by atoms with Gasteiger partial charge in [0.1, 0.15) is 0 Å². The topological polar surface area (TPSA) is 20.2 Å². The highest BCUT2D eigenvalue weighted by Crippen LogP contribution is 2.11. The second-order valence-electron chi connectivity index (χ2n) is 2.74. The third-order valence-corrected chi connectivity index (χ3v) is 1.89. The van der Waals surface area contributed by atoms with Crippen molar-refractivity contribution in [3.05, 3.63) is 0 Å². The monoisotopic (exact) mass is 130 g/mol. The second kappa shape index (κ2) is 4.80. The first-order chi connectivity index (χ1) is 4.22. The van der Waals surface area contributed by atoms with Crippen LogP contribution in [0.3, 0.4) is 0 Å². The van der Waals surface area contributed by atoms with Gasteiger partial charge in [-0.15, -0.1) is 0 Å². The molecule has 0 spiro atoms. The van der Waals surface area contributed by atoms with Gasteiger partial charge in [0, 0.05) is 0 Å². The Kier molecular flexibility index (Phi) is 4.78. The summed E-state index contributed by atoms with van der Waals surface area (Å²) in [5.74, 6) is 0.477. The van der Waals surface area contributed by atoms with Gasteiger partial charge in [-0.1, -0.05) is 33.6 Å². The fraction of sp³-hybridized carbons (Fsp3) is 1.00. The largest absolute Gasteiger partial charge is 0.393 e. The molecule has 0 fully saturated rings. The lowest BCUT2D eigenvalue weighted by molar-refractivity contribution is 0.105. The van der Waals surface area contributed by atoms with Crippen molar-refractivity contribution in [2.75, 3.05) is 0 Å². The van der Waals surface area contributed by atoms with Gasteiger partial charge in [-0.2, -0.15) is 0 Å². The van der Waals surface area contributed by atoms with Gasteiger partial charge in [0.05, 0.1) is 6.10 Å². The first-order valence-electron chi connectivity index (χ1n) is 3.90. The first kappa shape index (κ1) is 8.96. The molecular weight excluding hydrogens is 112 g/mol. The Morgan fingerprint density at radius 1 is 1.33 bits per heavy atom. The van der Waals surface area contributed by atoms with Crippen LogP contribution in [0.2, 0.25) is 0 Å². The lowest BCUT2D eigenvalue weighted by Crippen LogP contribution is -2.15. The maximum atomic E-state index is 9.32. The number of aliphatic hydroxyl groups is 1. The summed E-state index contributed by atoms with van der Waals surface area (Å²) in [5, 5.41) is 9.32. The molecule has 0 saturated heterocycles. The highest BCUT2D eigenvalue weighted by molar-refractivity contribution is 4.61. The van der Waals surface area contributed by atoms with Crippen LogP contribution < -0.4 is 0 Å². The summed E-state index contributed by atoms with van der Waals surface area (Å²) >= 11 is 0. The van der Waals surface area contributed by atoms with Crippen LogP contribution in [0.1, 0.15) is 40.0 Å². The Balaban J connectivity index is 3.32. The van der Waals surface area contributed by atoms with Gasteiger partial charge in [0.25, 0.3) is 0 Å². The van der Waals surface area contributed by atoms with Crippen molar-refractivity contribution >= 4 is 0 Å². The molecule has 0 radical (unpaired) electrons. The van der Waals surface area contributed by atoms with E-state index in [1.54, 1.807) is 0 Å². The van der Waals surface area contributed by atoms with E-state index in [1.807, 2.05) is 0 Å². The molecular formula is C8H18O. The highest BCUT2D eigenvalue weighted by atomic mass is 16.3. The standard InChI is InChI=1S/C8H18O/c1-4-6-8(9)7(3)5-2/h7-9H,4-6H2,1-3H3/t7-,8-/m1/s1. The average molecular weight is 130 g/mol. The van der Waals surface area contributed by atoms with Crippen molar-refractivity contribution in [1.82, 2.24) is 0 Å². The normalized spacial score (nSPS) is 17.3. The van der Waals surface area contributed by atoms with Gasteiger partial charge in [-0.3, -0.25) is 0 Å². The van der Waals surface area contributed by atoms with Crippen LogP contribution in [-0.4, -0.2) is 11.2 Å². The fourth-order valence-electron chi connectivity index (χ4n) is 0.852. The summed E-state index contributed by atoms with van der Waals surface area (Å²) in [6.45, 7) is 6.31. The van der Waals surface area contributed by atoms with E-state index in [0.29, 0.717) is 5.92 Å². The van der Waals surface area contributed by atoms with E-state index in [4.69, 9.17) is 0 Å². The molecule has 0 rings (SSSR count). The Bertz CT molecular complexity index is 61.6. The summed E-state index contributed by atoms with van der Waals surface area (Å²) in [6.07, 6.45) is 3.06.